The number of pyridine rings is 1. The van der Waals surface area contributed by atoms with Gasteiger partial charge in [0, 0.05) is 27.9 Å². The van der Waals surface area contributed by atoms with Gasteiger partial charge in [0.2, 0.25) is 0 Å². The number of hydrazine groups is 1. The van der Waals surface area contributed by atoms with Crippen molar-refractivity contribution in [2.45, 2.75) is 32.1 Å². The molecule has 3 heterocycles. The van der Waals surface area contributed by atoms with Crippen molar-refractivity contribution in [1.82, 2.24) is 15.4 Å². The minimum Gasteiger partial charge on any atom is -0.383 e. The second-order valence-corrected chi connectivity index (χ2v) is 8.72. The van der Waals surface area contributed by atoms with Crippen molar-refractivity contribution in [2.75, 3.05) is 0 Å². The minimum absolute atomic E-state index is 0.0359. The van der Waals surface area contributed by atoms with Crippen molar-refractivity contribution in [3.8, 4) is 6.07 Å². The number of rotatable bonds is 3. The van der Waals surface area contributed by atoms with Crippen LogP contribution in [0.25, 0.3) is 0 Å². The summed E-state index contributed by atoms with van der Waals surface area (Å²) < 4.78 is 0. The van der Waals surface area contributed by atoms with Crippen molar-refractivity contribution < 1.29 is 9.59 Å². The number of ketones is 1. The van der Waals surface area contributed by atoms with E-state index in [1.165, 1.54) is 28.6 Å². The molecule has 1 aliphatic carbocycles. The van der Waals surface area contributed by atoms with Crippen LogP contribution in [0.2, 0.25) is 5.15 Å². The number of allylic oxidation sites excluding steroid dienone is 3. The lowest BCUT2D eigenvalue weighted by Crippen LogP contribution is -2.48. The largest absolute Gasteiger partial charge is 0.383 e. The average Bonchev–Trinajstić information content (AvgIpc) is 3.16. The lowest BCUT2D eigenvalue weighted by molar-refractivity contribution is -0.116. The van der Waals surface area contributed by atoms with Crippen LogP contribution in [-0.2, 0) is 4.79 Å². The van der Waals surface area contributed by atoms with Crippen molar-refractivity contribution in [1.29, 1.82) is 5.26 Å². The Kier molecular flexibility index (Phi) is 5.33. The number of aromatic nitrogens is 1. The van der Waals surface area contributed by atoms with Crippen LogP contribution in [0.4, 0.5) is 0 Å². The number of carbonyl (C=O) groups is 2. The Morgan fingerprint density at radius 1 is 1.40 bits per heavy atom. The van der Waals surface area contributed by atoms with Gasteiger partial charge in [-0.2, -0.15) is 5.26 Å². The summed E-state index contributed by atoms with van der Waals surface area (Å²) in [5.41, 5.74) is 10.6. The van der Waals surface area contributed by atoms with Crippen molar-refractivity contribution >= 4 is 34.6 Å². The lowest BCUT2D eigenvalue weighted by atomic mass is 9.79. The standard InChI is InChI=1S/C21H18ClN5O2S/c1-11-7-8-16(30-11)17-13(10-23)20(24)27(14-5-2-6-15(28)18(14)17)26-21(29)12-4-3-9-25-19(12)22/h3-4,7-9,17H,2,5-6,24H2,1H3,(H,26,29). The van der Waals surface area contributed by atoms with E-state index in [9.17, 15) is 14.9 Å². The molecule has 0 aromatic carbocycles. The first-order valence-corrected chi connectivity index (χ1v) is 10.6. The third-order valence-electron chi connectivity index (χ3n) is 5.18. The molecule has 0 fully saturated rings. The molecule has 1 amide bonds. The molecule has 0 saturated carbocycles. The number of Topliss-reactive ketones (excluding diaryl/α,β-unsaturated/α-hetero) is 1. The number of hydrogen-bond donors (Lipinski definition) is 2. The van der Waals surface area contributed by atoms with Gasteiger partial charge in [0.1, 0.15) is 11.0 Å². The minimum atomic E-state index is -0.524. The van der Waals surface area contributed by atoms with Gasteiger partial charge in [-0.05, 0) is 44.0 Å². The smallest absolute Gasteiger partial charge is 0.273 e. The highest BCUT2D eigenvalue weighted by molar-refractivity contribution is 7.12. The van der Waals surface area contributed by atoms with E-state index in [2.05, 4.69) is 16.5 Å². The molecule has 2 aromatic rings. The van der Waals surface area contributed by atoms with Gasteiger partial charge in [-0.1, -0.05) is 11.6 Å². The number of amides is 1. The molecule has 0 saturated heterocycles. The molecule has 152 valence electrons. The summed E-state index contributed by atoms with van der Waals surface area (Å²) in [5, 5.41) is 11.3. The van der Waals surface area contributed by atoms with E-state index in [4.69, 9.17) is 17.3 Å². The average molecular weight is 440 g/mol. The first kappa shape index (κ1) is 20.1. The van der Waals surface area contributed by atoms with Crippen molar-refractivity contribution in [3.63, 3.8) is 0 Å². The maximum atomic E-state index is 12.9. The summed E-state index contributed by atoms with van der Waals surface area (Å²) in [7, 11) is 0. The van der Waals surface area contributed by atoms with Crippen LogP contribution >= 0.6 is 22.9 Å². The van der Waals surface area contributed by atoms with Crippen molar-refractivity contribution in [3.05, 3.63) is 73.6 Å². The Bertz CT molecular complexity index is 1160. The van der Waals surface area contributed by atoms with E-state index in [1.807, 2.05) is 19.1 Å². The highest BCUT2D eigenvalue weighted by Crippen LogP contribution is 2.45. The van der Waals surface area contributed by atoms with Gasteiger partial charge in [0.25, 0.3) is 5.91 Å². The van der Waals surface area contributed by atoms with Crippen LogP contribution in [0, 0.1) is 18.3 Å². The molecule has 4 rings (SSSR count). The second kappa shape index (κ2) is 7.94. The summed E-state index contributed by atoms with van der Waals surface area (Å²) in [6.45, 7) is 1.97. The number of hydrogen-bond acceptors (Lipinski definition) is 7. The molecule has 2 aromatic heterocycles. The second-order valence-electron chi connectivity index (χ2n) is 7.05. The van der Waals surface area contributed by atoms with E-state index in [-0.39, 0.29) is 27.9 Å². The number of nitrogens with zero attached hydrogens (tertiary/aromatic N) is 3. The topological polar surface area (TPSA) is 112 Å². The third-order valence-corrected chi connectivity index (χ3v) is 6.54. The van der Waals surface area contributed by atoms with Crippen LogP contribution in [0.5, 0.6) is 0 Å². The molecule has 30 heavy (non-hydrogen) atoms. The van der Waals surface area contributed by atoms with Gasteiger partial charge < -0.3 is 5.73 Å². The lowest BCUT2D eigenvalue weighted by Gasteiger charge is -2.38. The molecular weight excluding hydrogens is 422 g/mol. The fourth-order valence-electron chi connectivity index (χ4n) is 3.82. The summed E-state index contributed by atoms with van der Waals surface area (Å²) in [5.74, 6) is -0.975. The van der Waals surface area contributed by atoms with E-state index in [1.54, 1.807) is 6.07 Å². The first-order chi connectivity index (χ1) is 14.4. The molecule has 1 atom stereocenters. The predicted molar refractivity (Wildman–Crippen MR) is 113 cm³/mol. The number of nitrogens with two attached hydrogens (primary N) is 1. The van der Waals surface area contributed by atoms with Gasteiger partial charge in [0.05, 0.1) is 28.8 Å². The summed E-state index contributed by atoms with van der Waals surface area (Å²) in [4.78, 5) is 31.7. The van der Waals surface area contributed by atoms with Crippen LogP contribution in [0.3, 0.4) is 0 Å². The van der Waals surface area contributed by atoms with Crippen LogP contribution in [0.15, 0.2) is 53.1 Å². The van der Waals surface area contributed by atoms with E-state index < -0.39 is 11.8 Å². The molecular formula is C21H18ClN5O2S. The Morgan fingerprint density at radius 3 is 2.87 bits per heavy atom. The zero-order valence-electron chi connectivity index (χ0n) is 16.1. The van der Waals surface area contributed by atoms with Crippen LogP contribution in [-0.4, -0.2) is 21.7 Å². The Balaban J connectivity index is 1.82. The molecule has 1 unspecified atom stereocenters. The number of thiophene rings is 1. The van der Waals surface area contributed by atoms with E-state index >= 15 is 0 Å². The molecule has 1 aliphatic heterocycles. The van der Waals surface area contributed by atoms with Crippen molar-refractivity contribution in [2.24, 2.45) is 5.73 Å². The summed E-state index contributed by atoms with van der Waals surface area (Å²) in [6, 6.07) is 9.18. The van der Waals surface area contributed by atoms with Crippen LogP contribution in [0.1, 0.15) is 45.3 Å². The zero-order chi connectivity index (χ0) is 21.4. The zero-order valence-corrected chi connectivity index (χ0v) is 17.7. The van der Waals surface area contributed by atoms with E-state index in [0.717, 1.165) is 9.75 Å². The van der Waals surface area contributed by atoms with Gasteiger partial charge in [-0.3, -0.25) is 15.0 Å². The Morgan fingerprint density at radius 2 is 2.20 bits per heavy atom. The maximum absolute atomic E-state index is 12.9. The number of aryl methyl sites for hydroxylation is 1. The molecule has 0 bridgehead atoms. The summed E-state index contributed by atoms with van der Waals surface area (Å²) in [6.07, 6.45) is 3.08. The fourth-order valence-corrected chi connectivity index (χ4v) is 5.03. The van der Waals surface area contributed by atoms with Crippen LogP contribution < -0.4 is 11.2 Å². The first-order valence-electron chi connectivity index (χ1n) is 9.36. The predicted octanol–water partition coefficient (Wildman–Crippen LogP) is 3.55. The highest BCUT2D eigenvalue weighted by atomic mass is 35.5. The van der Waals surface area contributed by atoms with Gasteiger partial charge in [-0.15, -0.1) is 11.3 Å². The number of nitrogens with one attached hydrogen (secondary N) is 1. The molecule has 0 spiro atoms. The van der Waals surface area contributed by atoms with E-state index in [0.29, 0.717) is 30.5 Å². The fraction of sp³-hybridized carbons (Fsp3) is 0.238. The molecule has 9 heteroatoms. The Hall–Kier alpha value is -3.15. The molecule has 0 radical (unpaired) electrons. The summed E-state index contributed by atoms with van der Waals surface area (Å²) >= 11 is 7.57. The molecule has 3 N–H and O–H groups in total. The third kappa shape index (κ3) is 3.36. The Labute approximate surface area is 182 Å². The quantitative estimate of drug-likeness (QED) is 0.707. The number of nitriles is 1. The van der Waals surface area contributed by atoms with Gasteiger partial charge >= 0.3 is 0 Å². The molecule has 2 aliphatic rings. The molecule has 7 nitrogen and oxygen atoms in total. The van der Waals surface area contributed by atoms with Gasteiger partial charge in [-0.25, -0.2) is 9.99 Å². The maximum Gasteiger partial charge on any atom is 0.273 e. The normalized spacial score (nSPS) is 18.9. The number of carbonyl (C=O) groups excluding carboxylic acids is 2. The SMILES string of the molecule is Cc1ccc(C2C(C#N)=C(N)N(NC(=O)c3cccnc3Cl)C3=C2C(=O)CCC3)s1. The highest BCUT2D eigenvalue weighted by Gasteiger charge is 2.41. The number of halogens is 1. The van der Waals surface area contributed by atoms with Gasteiger partial charge in [0.15, 0.2) is 5.78 Å². The monoisotopic (exact) mass is 439 g/mol.